The van der Waals surface area contributed by atoms with Crippen LogP contribution in [0.5, 0.6) is 5.88 Å². The van der Waals surface area contributed by atoms with E-state index in [-0.39, 0.29) is 6.10 Å². The van der Waals surface area contributed by atoms with Crippen molar-refractivity contribution < 1.29 is 17.9 Å². The third-order valence-corrected chi connectivity index (χ3v) is 7.08. The zero-order chi connectivity index (χ0) is 19.6. The fourth-order valence-electron chi connectivity index (χ4n) is 3.83. The summed E-state index contributed by atoms with van der Waals surface area (Å²) in [6.07, 6.45) is -0.101. The highest BCUT2D eigenvalue weighted by Crippen LogP contribution is 2.34. The number of piperidine rings is 3. The van der Waals surface area contributed by atoms with Crippen molar-refractivity contribution in [2.75, 3.05) is 25.4 Å². The highest BCUT2D eigenvalue weighted by atomic mass is 32.2. The first-order valence-corrected chi connectivity index (χ1v) is 11.2. The number of rotatable bonds is 7. The summed E-state index contributed by atoms with van der Waals surface area (Å²) in [5.41, 5.74) is 0.308. The number of ether oxygens (including phenoxy) is 1. The predicted octanol–water partition coefficient (Wildman–Crippen LogP) is 4.75. The molecule has 9 heteroatoms. The first-order valence-electron chi connectivity index (χ1n) is 9.49. The molecule has 0 saturated carbocycles. The maximum atomic E-state index is 12.6. The molecule has 0 radical (unpaired) electrons. The molecule has 3 saturated heterocycles. The smallest absolute Gasteiger partial charge is 0.416 e. The van der Waals surface area contributed by atoms with Gasteiger partial charge in [-0.15, -0.1) is 4.37 Å². The van der Waals surface area contributed by atoms with Crippen molar-refractivity contribution >= 4 is 23.5 Å². The van der Waals surface area contributed by atoms with Gasteiger partial charge in [-0.2, -0.15) is 17.5 Å². The summed E-state index contributed by atoms with van der Waals surface area (Å²) in [7, 11) is 0. The summed E-state index contributed by atoms with van der Waals surface area (Å²) in [4.78, 5) is 2.45. The molecule has 1 atom stereocenters. The zero-order valence-electron chi connectivity index (χ0n) is 15.3. The van der Waals surface area contributed by atoms with E-state index in [1.807, 2.05) is 0 Å². The summed E-state index contributed by atoms with van der Waals surface area (Å²) < 4.78 is 52.7. The van der Waals surface area contributed by atoms with Gasteiger partial charge in [0.25, 0.3) is 5.88 Å². The van der Waals surface area contributed by atoms with Gasteiger partial charge < -0.3 is 4.74 Å². The molecule has 4 heterocycles. The van der Waals surface area contributed by atoms with Gasteiger partial charge in [-0.3, -0.25) is 4.90 Å². The minimum absolute atomic E-state index is 0.206. The van der Waals surface area contributed by atoms with E-state index in [0.717, 1.165) is 47.9 Å². The van der Waals surface area contributed by atoms with Crippen LogP contribution in [0.3, 0.4) is 0 Å². The van der Waals surface area contributed by atoms with Crippen molar-refractivity contribution in [3.63, 3.8) is 0 Å². The minimum Gasteiger partial charge on any atom is -0.470 e. The summed E-state index contributed by atoms with van der Waals surface area (Å²) in [5.74, 6) is 2.08. The van der Waals surface area contributed by atoms with E-state index in [9.17, 15) is 13.2 Å². The monoisotopic (exact) mass is 429 g/mol. The van der Waals surface area contributed by atoms with Crippen LogP contribution in [0, 0.1) is 5.92 Å². The number of fused-ring (bicyclic) bond motifs is 3. The lowest BCUT2D eigenvalue weighted by atomic mass is 9.86. The lowest BCUT2D eigenvalue weighted by Gasteiger charge is -2.44. The number of benzene rings is 1. The molecule has 1 aromatic carbocycles. The Hall–Kier alpha value is -1.32. The van der Waals surface area contributed by atoms with Gasteiger partial charge in [0.05, 0.1) is 17.3 Å². The van der Waals surface area contributed by atoms with Gasteiger partial charge in [0.15, 0.2) is 5.03 Å². The fourth-order valence-corrected chi connectivity index (χ4v) is 5.29. The van der Waals surface area contributed by atoms with E-state index in [1.165, 1.54) is 37.7 Å². The molecule has 4 nitrogen and oxygen atoms in total. The van der Waals surface area contributed by atoms with Gasteiger partial charge in [-0.25, -0.2) is 0 Å². The second-order valence-corrected chi connectivity index (χ2v) is 8.93. The molecule has 1 unspecified atom stereocenters. The standard InChI is InChI=1S/C19H22F3N3OS2/c20-19(21,22)15-5-3-13(4-6-15)2-1-11-27-18-17(23-28-24-18)26-16-12-25-9-7-14(16)8-10-25/h3-6,14,16H,1-2,7-12H2. The Bertz CT molecular complexity index is 773. The van der Waals surface area contributed by atoms with Crippen LogP contribution in [0.1, 0.15) is 30.4 Å². The Labute approximate surface area is 170 Å². The first-order chi connectivity index (χ1) is 13.5. The van der Waals surface area contributed by atoms with Gasteiger partial charge in [-0.05, 0) is 62.4 Å². The number of alkyl halides is 3. The quantitative estimate of drug-likeness (QED) is 0.469. The lowest BCUT2D eigenvalue weighted by molar-refractivity contribution is -0.137. The summed E-state index contributed by atoms with van der Waals surface area (Å²) in [6.45, 7) is 3.32. The molecular formula is C19H22F3N3OS2. The third kappa shape index (κ3) is 4.80. The van der Waals surface area contributed by atoms with E-state index in [2.05, 4.69) is 13.6 Å². The first kappa shape index (κ1) is 20.0. The molecule has 3 aliphatic rings. The highest BCUT2D eigenvalue weighted by Gasteiger charge is 2.36. The van der Waals surface area contributed by atoms with Gasteiger partial charge >= 0.3 is 6.18 Å². The van der Waals surface area contributed by atoms with Crippen LogP contribution in [0.2, 0.25) is 0 Å². The molecule has 0 amide bonds. The number of aryl methyl sites for hydroxylation is 1. The van der Waals surface area contributed by atoms with Crippen molar-refractivity contribution in [1.82, 2.24) is 13.6 Å². The average Bonchev–Trinajstić information content (AvgIpc) is 3.13. The van der Waals surface area contributed by atoms with Crippen molar-refractivity contribution in [3.05, 3.63) is 35.4 Å². The maximum absolute atomic E-state index is 12.6. The van der Waals surface area contributed by atoms with Crippen LogP contribution in [0.4, 0.5) is 13.2 Å². The molecular weight excluding hydrogens is 407 g/mol. The molecule has 152 valence electrons. The SMILES string of the molecule is FC(F)(F)c1ccc(CCCSc2nsnc2OC2CN3CCC2CC3)cc1. The Morgan fingerprint density at radius 1 is 1.14 bits per heavy atom. The number of hydrogen-bond acceptors (Lipinski definition) is 6. The molecule has 5 rings (SSSR count). The molecule has 3 fully saturated rings. The van der Waals surface area contributed by atoms with E-state index in [4.69, 9.17) is 4.74 Å². The van der Waals surface area contributed by atoms with E-state index in [1.54, 1.807) is 23.9 Å². The van der Waals surface area contributed by atoms with E-state index >= 15 is 0 Å². The van der Waals surface area contributed by atoms with Crippen LogP contribution in [-0.4, -0.2) is 45.1 Å². The number of hydrogen-bond donors (Lipinski definition) is 0. The Morgan fingerprint density at radius 3 is 2.54 bits per heavy atom. The largest absolute Gasteiger partial charge is 0.470 e. The molecule has 0 aliphatic carbocycles. The summed E-state index contributed by atoms with van der Waals surface area (Å²) >= 11 is 2.77. The second-order valence-electron chi connectivity index (χ2n) is 7.32. The van der Waals surface area contributed by atoms with Gasteiger partial charge in [0, 0.05) is 12.3 Å². The van der Waals surface area contributed by atoms with Crippen LogP contribution in [0.15, 0.2) is 29.3 Å². The molecule has 28 heavy (non-hydrogen) atoms. The normalized spacial score (nSPS) is 24.5. The van der Waals surface area contributed by atoms with Crippen molar-refractivity contribution in [2.24, 2.45) is 5.92 Å². The topological polar surface area (TPSA) is 38.3 Å². The van der Waals surface area contributed by atoms with Crippen LogP contribution < -0.4 is 4.74 Å². The molecule has 2 aromatic rings. The Balaban J connectivity index is 1.24. The zero-order valence-corrected chi connectivity index (χ0v) is 17.0. The Kier molecular flexibility index (Phi) is 6.13. The lowest BCUT2D eigenvalue weighted by Crippen LogP contribution is -2.52. The van der Waals surface area contributed by atoms with E-state index in [0.29, 0.717) is 11.8 Å². The summed E-state index contributed by atoms with van der Waals surface area (Å²) in [5, 5.41) is 0.828. The van der Waals surface area contributed by atoms with Gasteiger partial charge in [-0.1, -0.05) is 23.9 Å². The number of thioether (sulfide) groups is 1. The molecule has 1 aromatic heterocycles. The van der Waals surface area contributed by atoms with Gasteiger partial charge in [0.1, 0.15) is 6.10 Å². The maximum Gasteiger partial charge on any atom is 0.416 e. The minimum atomic E-state index is -4.28. The van der Waals surface area contributed by atoms with Crippen LogP contribution >= 0.6 is 23.5 Å². The fraction of sp³-hybridized carbons (Fsp3) is 0.579. The van der Waals surface area contributed by atoms with Crippen LogP contribution in [0.25, 0.3) is 0 Å². The summed E-state index contributed by atoms with van der Waals surface area (Å²) in [6, 6.07) is 5.40. The Morgan fingerprint density at radius 2 is 1.89 bits per heavy atom. The van der Waals surface area contributed by atoms with Gasteiger partial charge in [0.2, 0.25) is 0 Å². The van der Waals surface area contributed by atoms with Crippen molar-refractivity contribution in [1.29, 1.82) is 0 Å². The number of aromatic nitrogens is 2. The highest BCUT2D eigenvalue weighted by molar-refractivity contribution is 7.99. The van der Waals surface area contributed by atoms with Crippen molar-refractivity contribution in [2.45, 2.75) is 43.0 Å². The molecule has 0 N–H and O–H groups in total. The molecule has 0 spiro atoms. The second kappa shape index (κ2) is 8.59. The van der Waals surface area contributed by atoms with E-state index < -0.39 is 11.7 Å². The van der Waals surface area contributed by atoms with Crippen molar-refractivity contribution in [3.8, 4) is 5.88 Å². The molecule has 2 bridgehead atoms. The average molecular weight is 430 g/mol. The predicted molar refractivity (Wildman–Crippen MR) is 104 cm³/mol. The number of halogens is 3. The number of nitrogens with zero attached hydrogens (tertiary/aromatic N) is 3. The molecule has 3 aliphatic heterocycles. The third-order valence-electron chi connectivity index (χ3n) is 5.42. The van der Waals surface area contributed by atoms with Crippen LogP contribution in [-0.2, 0) is 12.6 Å².